The van der Waals surface area contributed by atoms with Gasteiger partial charge in [-0.05, 0) is 31.0 Å². The number of fused-ring (bicyclic) bond motifs is 1. The molecule has 3 aromatic heterocycles. The minimum absolute atomic E-state index is 0.118. The van der Waals surface area contributed by atoms with E-state index in [1.807, 2.05) is 41.2 Å². The lowest BCUT2D eigenvalue weighted by molar-refractivity contribution is 0.0942. The van der Waals surface area contributed by atoms with Crippen LogP contribution in [0.25, 0.3) is 28.0 Å². The van der Waals surface area contributed by atoms with E-state index >= 15 is 0 Å². The highest BCUT2D eigenvalue weighted by Gasteiger charge is 2.28. The fourth-order valence-electron chi connectivity index (χ4n) is 5.42. The lowest BCUT2D eigenvalue weighted by Crippen LogP contribution is -2.33. The summed E-state index contributed by atoms with van der Waals surface area (Å²) in [6.07, 6.45) is 5.12. The fourth-order valence-corrected chi connectivity index (χ4v) is 8.46. The Balaban J connectivity index is 1.51. The standard InChI is InChI=1S/C34H51N5O4SSi2/c1-45(2,3)20-16-42-25-38(26-43-17-21-46(4,5)6)33-22-32(28-14-18-44(40,41)19-15-28)37-34-30(24-36-39(33)34)29-12-13-31(35-23-29)27-10-8-7-9-11-27/h7-13,22-24,28,40-41H,14-21,25-26H2,1-6H3. The lowest BCUT2D eigenvalue weighted by atomic mass is 9.98. The van der Waals surface area contributed by atoms with E-state index in [0.717, 1.165) is 51.6 Å². The first-order chi connectivity index (χ1) is 21.8. The van der Waals surface area contributed by atoms with Gasteiger partial charge in [0.1, 0.15) is 19.3 Å². The third-order valence-electron chi connectivity index (χ3n) is 8.43. The molecule has 2 N–H and O–H groups in total. The predicted octanol–water partition coefficient (Wildman–Crippen LogP) is 8.52. The molecule has 1 aliphatic rings. The monoisotopic (exact) mass is 681 g/mol. The largest absolute Gasteiger partial charge is 0.361 e. The van der Waals surface area contributed by atoms with Gasteiger partial charge in [-0.1, -0.05) is 75.7 Å². The van der Waals surface area contributed by atoms with Crippen molar-refractivity contribution in [3.05, 3.63) is 66.6 Å². The summed E-state index contributed by atoms with van der Waals surface area (Å²) in [4.78, 5) is 12.1. The summed E-state index contributed by atoms with van der Waals surface area (Å²) in [6, 6.07) is 18.5. The van der Waals surface area contributed by atoms with E-state index in [-0.39, 0.29) is 5.92 Å². The molecule has 4 aromatic rings. The van der Waals surface area contributed by atoms with Crippen LogP contribution in [0.2, 0.25) is 51.4 Å². The maximum absolute atomic E-state index is 10.3. The number of anilines is 1. The van der Waals surface area contributed by atoms with Crippen LogP contribution in [-0.2, 0) is 9.47 Å². The van der Waals surface area contributed by atoms with Gasteiger partial charge in [0.15, 0.2) is 5.65 Å². The molecular weight excluding hydrogens is 631 g/mol. The van der Waals surface area contributed by atoms with Crippen molar-refractivity contribution < 1.29 is 18.6 Å². The summed E-state index contributed by atoms with van der Waals surface area (Å²) in [5.41, 5.74) is 5.49. The average Bonchev–Trinajstić information content (AvgIpc) is 3.43. The Morgan fingerprint density at radius 2 is 1.48 bits per heavy atom. The minimum atomic E-state index is -2.51. The second-order valence-corrected chi connectivity index (χ2v) is 28.5. The van der Waals surface area contributed by atoms with Gasteiger partial charge >= 0.3 is 0 Å². The van der Waals surface area contributed by atoms with Crippen LogP contribution < -0.4 is 4.90 Å². The summed E-state index contributed by atoms with van der Waals surface area (Å²) in [6.45, 7) is 16.3. The van der Waals surface area contributed by atoms with E-state index < -0.39 is 26.7 Å². The Bertz CT molecular complexity index is 1540. The molecule has 9 nitrogen and oxygen atoms in total. The Hall–Kier alpha value is -2.59. The molecule has 250 valence electrons. The van der Waals surface area contributed by atoms with Crippen molar-refractivity contribution >= 4 is 38.2 Å². The SMILES string of the molecule is C[Si](C)(C)CCOCN(COCC[Si](C)(C)C)c1cc(C2CCS(O)(O)CC2)nc2c(-c3ccc(-c4ccccc4)nc3)cnn12. The number of nitrogens with zero attached hydrogens (tertiary/aromatic N) is 5. The summed E-state index contributed by atoms with van der Waals surface area (Å²) < 4.78 is 35.1. The summed E-state index contributed by atoms with van der Waals surface area (Å²) in [5.74, 6) is 1.78. The molecule has 0 unspecified atom stereocenters. The first-order valence-electron chi connectivity index (χ1n) is 16.3. The minimum Gasteiger partial charge on any atom is -0.361 e. The average molecular weight is 682 g/mol. The maximum Gasteiger partial charge on any atom is 0.165 e. The molecule has 0 atom stereocenters. The van der Waals surface area contributed by atoms with E-state index in [4.69, 9.17) is 24.5 Å². The third kappa shape index (κ3) is 9.49. The smallest absolute Gasteiger partial charge is 0.165 e. The zero-order valence-electron chi connectivity index (χ0n) is 28.3. The molecule has 1 aromatic carbocycles. The normalized spacial score (nSPS) is 16.5. The van der Waals surface area contributed by atoms with Crippen LogP contribution >= 0.6 is 10.6 Å². The second kappa shape index (κ2) is 14.7. The van der Waals surface area contributed by atoms with Crippen molar-refractivity contribution in [2.24, 2.45) is 0 Å². The zero-order chi connectivity index (χ0) is 33.0. The molecule has 1 aliphatic heterocycles. The van der Waals surface area contributed by atoms with E-state index in [1.165, 1.54) is 0 Å². The van der Waals surface area contributed by atoms with Gasteiger partial charge in [-0.25, -0.2) is 4.98 Å². The van der Waals surface area contributed by atoms with Crippen molar-refractivity contribution in [1.29, 1.82) is 0 Å². The third-order valence-corrected chi connectivity index (χ3v) is 13.6. The van der Waals surface area contributed by atoms with Crippen LogP contribution in [0.4, 0.5) is 5.82 Å². The molecule has 12 heteroatoms. The van der Waals surface area contributed by atoms with Gasteiger partial charge in [0.05, 0.1) is 11.9 Å². The summed E-state index contributed by atoms with van der Waals surface area (Å²) in [7, 11) is -5.01. The Kier molecular flexibility index (Phi) is 11.1. The quantitative estimate of drug-likeness (QED) is 0.0776. The van der Waals surface area contributed by atoms with Crippen molar-refractivity contribution in [3.8, 4) is 22.4 Å². The number of aromatic nitrogens is 4. The lowest BCUT2D eigenvalue weighted by Gasteiger charge is -2.39. The summed E-state index contributed by atoms with van der Waals surface area (Å²) in [5, 5.41) is 4.85. The number of benzene rings is 1. The molecule has 4 heterocycles. The van der Waals surface area contributed by atoms with E-state index in [2.05, 4.69) is 68.4 Å². The number of ether oxygens (including phenoxy) is 2. The molecule has 0 spiro atoms. The highest BCUT2D eigenvalue weighted by molar-refractivity contribution is 8.24. The molecule has 0 radical (unpaired) electrons. The molecule has 1 fully saturated rings. The molecule has 0 aliphatic carbocycles. The van der Waals surface area contributed by atoms with Gasteiger partial charge in [0.25, 0.3) is 0 Å². The maximum atomic E-state index is 10.3. The molecule has 0 bridgehead atoms. The Morgan fingerprint density at radius 1 is 0.848 bits per heavy atom. The van der Waals surface area contributed by atoms with Crippen LogP contribution in [0.1, 0.15) is 24.5 Å². The van der Waals surface area contributed by atoms with Crippen LogP contribution in [0.5, 0.6) is 0 Å². The number of hydrogen-bond acceptors (Lipinski definition) is 8. The van der Waals surface area contributed by atoms with E-state index in [0.29, 0.717) is 51.0 Å². The van der Waals surface area contributed by atoms with Gasteiger partial charge in [-0.15, -0.1) is 0 Å². The molecule has 0 amide bonds. The van der Waals surface area contributed by atoms with E-state index in [1.54, 1.807) is 0 Å². The highest BCUT2D eigenvalue weighted by Crippen LogP contribution is 2.48. The van der Waals surface area contributed by atoms with Gasteiger partial charge in [0.2, 0.25) is 0 Å². The molecule has 46 heavy (non-hydrogen) atoms. The van der Waals surface area contributed by atoms with Crippen molar-refractivity contribution in [2.45, 2.75) is 70.1 Å². The zero-order valence-corrected chi connectivity index (χ0v) is 31.1. The van der Waals surface area contributed by atoms with Gasteiger partial charge in [-0.2, -0.15) is 20.2 Å². The van der Waals surface area contributed by atoms with Gasteiger partial charge < -0.3 is 14.4 Å². The van der Waals surface area contributed by atoms with Crippen molar-refractivity contribution in [3.63, 3.8) is 0 Å². The number of pyridine rings is 1. The Morgan fingerprint density at radius 3 is 2.04 bits per heavy atom. The number of rotatable bonds is 14. The topological polar surface area (TPSA) is 105 Å². The van der Waals surface area contributed by atoms with Gasteiger partial charge in [-0.3, -0.25) is 14.1 Å². The van der Waals surface area contributed by atoms with Crippen molar-refractivity contribution in [2.75, 3.05) is 43.1 Å². The van der Waals surface area contributed by atoms with E-state index in [9.17, 15) is 9.11 Å². The van der Waals surface area contributed by atoms with Crippen LogP contribution in [-0.4, -0.2) is 83.0 Å². The molecule has 1 saturated heterocycles. The Labute approximate surface area is 277 Å². The first-order valence-corrected chi connectivity index (χ1v) is 25.6. The molecule has 0 saturated carbocycles. The highest BCUT2D eigenvalue weighted by atomic mass is 32.3. The van der Waals surface area contributed by atoms with Crippen LogP contribution in [0.15, 0.2) is 60.9 Å². The first kappa shape index (κ1) is 34.7. The molecule has 5 rings (SSSR count). The second-order valence-electron chi connectivity index (χ2n) is 14.9. The van der Waals surface area contributed by atoms with Crippen LogP contribution in [0, 0.1) is 0 Å². The predicted molar refractivity (Wildman–Crippen MR) is 197 cm³/mol. The van der Waals surface area contributed by atoms with Gasteiger partial charge in [0, 0.05) is 81.4 Å². The summed E-state index contributed by atoms with van der Waals surface area (Å²) >= 11 is 0. The number of hydrogen-bond donors (Lipinski definition) is 2. The molecular formula is C34H51N5O4SSi2. The van der Waals surface area contributed by atoms with Crippen LogP contribution in [0.3, 0.4) is 0 Å². The van der Waals surface area contributed by atoms with Crippen molar-refractivity contribution in [1.82, 2.24) is 19.6 Å². The fraction of sp³-hybridized carbons (Fsp3) is 0.500.